The number of guanidine groups is 1. The Hall–Kier alpha value is -2.54. The van der Waals surface area contributed by atoms with E-state index >= 15 is 0 Å². The summed E-state index contributed by atoms with van der Waals surface area (Å²) < 4.78 is 1.84. The maximum absolute atomic E-state index is 4.82. The van der Waals surface area contributed by atoms with E-state index in [1.165, 1.54) is 11.3 Å². The van der Waals surface area contributed by atoms with Crippen LogP contribution in [-0.2, 0) is 7.05 Å². The van der Waals surface area contributed by atoms with E-state index in [0.717, 1.165) is 38.6 Å². The van der Waals surface area contributed by atoms with Crippen LogP contribution in [0.5, 0.6) is 0 Å². The van der Waals surface area contributed by atoms with Crippen LogP contribution in [0.15, 0.2) is 47.7 Å². The molecule has 1 aromatic heterocycles. The molecule has 7 nitrogen and oxygen atoms in total. The van der Waals surface area contributed by atoms with Gasteiger partial charge in [-0.2, -0.15) is 5.10 Å². The van der Waals surface area contributed by atoms with Crippen LogP contribution in [0.3, 0.4) is 0 Å². The number of aliphatic imine (C=N–C) groups is 1. The molecule has 1 unspecified atom stereocenters. The summed E-state index contributed by atoms with van der Waals surface area (Å²) in [6, 6.07) is 10.8. The van der Waals surface area contributed by atoms with E-state index in [0.29, 0.717) is 6.54 Å². The van der Waals surface area contributed by atoms with Gasteiger partial charge in [-0.25, -0.2) is 0 Å². The van der Waals surface area contributed by atoms with E-state index in [-0.39, 0.29) is 6.04 Å². The van der Waals surface area contributed by atoms with Gasteiger partial charge in [-0.3, -0.25) is 9.67 Å². The van der Waals surface area contributed by atoms with Gasteiger partial charge in [0.25, 0.3) is 0 Å². The predicted octanol–water partition coefficient (Wildman–Crippen LogP) is 2.49. The van der Waals surface area contributed by atoms with Crippen molar-refractivity contribution >= 4 is 11.6 Å². The quantitative estimate of drug-likeness (QED) is 0.345. The lowest BCUT2D eigenvalue weighted by Crippen LogP contribution is -2.39. The Bertz CT molecular complexity index is 724. The van der Waals surface area contributed by atoms with Gasteiger partial charge in [0.2, 0.25) is 0 Å². The molecule has 2 aromatic rings. The van der Waals surface area contributed by atoms with Crippen LogP contribution in [0.4, 0.5) is 5.69 Å². The van der Waals surface area contributed by atoms with Crippen molar-refractivity contribution in [3.8, 4) is 0 Å². The topological polar surface area (TPSA) is 60.7 Å². The van der Waals surface area contributed by atoms with Gasteiger partial charge in [0.15, 0.2) is 5.96 Å². The first kappa shape index (κ1) is 22.7. The van der Waals surface area contributed by atoms with Crippen molar-refractivity contribution in [2.24, 2.45) is 12.0 Å². The van der Waals surface area contributed by atoms with Crippen LogP contribution in [0.25, 0.3) is 0 Å². The molecule has 1 aromatic carbocycles. The Kier molecular flexibility index (Phi) is 9.50. The van der Waals surface area contributed by atoms with E-state index < -0.39 is 0 Å². The highest BCUT2D eigenvalue weighted by molar-refractivity contribution is 5.79. The van der Waals surface area contributed by atoms with Gasteiger partial charge in [0.1, 0.15) is 0 Å². The molecule has 0 aliphatic rings. The maximum Gasteiger partial charge on any atom is 0.191 e. The molecule has 0 saturated heterocycles. The predicted molar refractivity (Wildman–Crippen MR) is 123 cm³/mol. The van der Waals surface area contributed by atoms with Gasteiger partial charge in [0, 0.05) is 50.7 Å². The number of hydrogen-bond donors (Lipinski definition) is 2. The third kappa shape index (κ3) is 7.42. The number of para-hydroxylation sites is 1. The molecule has 2 N–H and O–H groups in total. The third-order valence-corrected chi connectivity index (χ3v) is 4.90. The molecule has 0 bridgehead atoms. The number of anilines is 1. The molecule has 2 rings (SSSR count). The number of aryl methyl sites for hydroxylation is 1. The summed E-state index contributed by atoms with van der Waals surface area (Å²) in [5, 5.41) is 11.1. The van der Waals surface area contributed by atoms with Crippen molar-refractivity contribution in [2.45, 2.75) is 26.3 Å². The summed E-state index contributed by atoms with van der Waals surface area (Å²) in [6.45, 7) is 8.72. The molecule has 1 atom stereocenters. The SMILES string of the molecule is CCNC(=NCC(c1cnn(C)c1)N(C)C)NCCCN(CC)c1ccccc1. The minimum atomic E-state index is 0.202. The fourth-order valence-electron chi connectivity index (χ4n) is 3.28. The first-order chi connectivity index (χ1) is 14.0. The summed E-state index contributed by atoms with van der Waals surface area (Å²) in [7, 11) is 6.10. The molecule has 0 aliphatic heterocycles. The van der Waals surface area contributed by atoms with Crippen molar-refractivity contribution in [2.75, 3.05) is 51.7 Å². The molecule has 7 heteroatoms. The van der Waals surface area contributed by atoms with Crippen LogP contribution < -0.4 is 15.5 Å². The minimum Gasteiger partial charge on any atom is -0.372 e. The van der Waals surface area contributed by atoms with Crippen molar-refractivity contribution in [1.82, 2.24) is 25.3 Å². The van der Waals surface area contributed by atoms with E-state index in [9.17, 15) is 0 Å². The number of aromatic nitrogens is 2. The van der Waals surface area contributed by atoms with E-state index in [1.54, 1.807) is 0 Å². The Morgan fingerprint density at radius 2 is 1.93 bits per heavy atom. The first-order valence-electron chi connectivity index (χ1n) is 10.5. The lowest BCUT2D eigenvalue weighted by atomic mass is 10.1. The van der Waals surface area contributed by atoms with Gasteiger partial charge in [-0.1, -0.05) is 18.2 Å². The maximum atomic E-state index is 4.82. The number of nitrogens with one attached hydrogen (secondary N) is 2. The van der Waals surface area contributed by atoms with Crippen molar-refractivity contribution < 1.29 is 0 Å². The molecule has 0 amide bonds. The zero-order chi connectivity index (χ0) is 21.1. The summed E-state index contributed by atoms with van der Waals surface area (Å²) in [5.41, 5.74) is 2.46. The average Bonchev–Trinajstić information content (AvgIpc) is 3.14. The highest BCUT2D eigenvalue weighted by Gasteiger charge is 2.15. The normalized spacial score (nSPS) is 12.8. The van der Waals surface area contributed by atoms with Crippen LogP contribution in [0, 0.1) is 0 Å². The Morgan fingerprint density at radius 3 is 2.52 bits per heavy atom. The number of likely N-dealkylation sites (N-methyl/N-ethyl adjacent to an activating group) is 1. The number of benzene rings is 1. The zero-order valence-electron chi connectivity index (χ0n) is 18.6. The lowest BCUT2D eigenvalue weighted by molar-refractivity contribution is 0.306. The smallest absolute Gasteiger partial charge is 0.191 e. The minimum absolute atomic E-state index is 0.202. The fraction of sp³-hybridized carbons (Fsp3) is 0.545. The standard InChI is InChI=1S/C22H37N7/c1-6-23-22(25-17-21(27(3)4)19-16-26-28(5)18-19)24-14-11-15-29(7-2)20-12-9-8-10-13-20/h8-10,12-13,16,18,21H,6-7,11,14-15,17H2,1-5H3,(H2,23,24,25). The molecule has 0 saturated carbocycles. The highest BCUT2D eigenvalue weighted by Crippen LogP contribution is 2.17. The van der Waals surface area contributed by atoms with Gasteiger partial charge < -0.3 is 20.4 Å². The second-order valence-corrected chi connectivity index (χ2v) is 7.34. The largest absolute Gasteiger partial charge is 0.372 e. The first-order valence-corrected chi connectivity index (χ1v) is 10.5. The van der Waals surface area contributed by atoms with Gasteiger partial charge in [-0.05, 0) is 46.5 Å². The summed E-state index contributed by atoms with van der Waals surface area (Å²) >= 11 is 0. The molecule has 0 radical (unpaired) electrons. The van der Waals surface area contributed by atoms with Crippen LogP contribution >= 0.6 is 0 Å². The molecular weight excluding hydrogens is 362 g/mol. The highest BCUT2D eigenvalue weighted by atomic mass is 15.3. The summed E-state index contributed by atoms with van der Waals surface area (Å²) in [5.74, 6) is 0.867. The fourth-order valence-corrected chi connectivity index (χ4v) is 3.28. The third-order valence-electron chi connectivity index (χ3n) is 4.90. The van der Waals surface area contributed by atoms with Crippen molar-refractivity contribution in [3.63, 3.8) is 0 Å². The Morgan fingerprint density at radius 1 is 1.17 bits per heavy atom. The molecule has 0 spiro atoms. The number of nitrogens with zero attached hydrogens (tertiary/aromatic N) is 5. The van der Waals surface area contributed by atoms with Gasteiger partial charge in [0.05, 0.1) is 18.8 Å². The van der Waals surface area contributed by atoms with E-state index in [4.69, 9.17) is 4.99 Å². The summed E-state index contributed by atoms with van der Waals surface area (Å²) in [4.78, 5) is 9.40. The Labute approximate surface area is 175 Å². The van der Waals surface area contributed by atoms with Crippen molar-refractivity contribution in [3.05, 3.63) is 48.3 Å². The molecule has 29 heavy (non-hydrogen) atoms. The van der Waals surface area contributed by atoms with E-state index in [1.807, 2.05) is 17.9 Å². The molecular formula is C22H37N7. The lowest BCUT2D eigenvalue weighted by Gasteiger charge is -2.24. The second kappa shape index (κ2) is 12.1. The molecule has 1 heterocycles. The Balaban J connectivity index is 1.88. The molecule has 0 aliphatic carbocycles. The average molecular weight is 400 g/mol. The van der Waals surface area contributed by atoms with Crippen LogP contribution in [-0.4, -0.2) is 67.5 Å². The molecule has 0 fully saturated rings. The summed E-state index contributed by atoms with van der Waals surface area (Å²) in [6.07, 6.45) is 5.03. The van der Waals surface area contributed by atoms with Crippen LogP contribution in [0.2, 0.25) is 0 Å². The van der Waals surface area contributed by atoms with Gasteiger partial charge >= 0.3 is 0 Å². The number of rotatable bonds is 11. The zero-order valence-corrected chi connectivity index (χ0v) is 18.6. The number of hydrogen-bond acceptors (Lipinski definition) is 4. The van der Waals surface area contributed by atoms with Crippen LogP contribution in [0.1, 0.15) is 31.9 Å². The van der Waals surface area contributed by atoms with Crippen molar-refractivity contribution in [1.29, 1.82) is 0 Å². The second-order valence-electron chi connectivity index (χ2n) is 7.34. The van der Waals surface area contributed by atoms with E-state index in [2.05, 4.69) is 90.0 Å². The van der Waals surface area contributed by atoms with Gasteiger partial charge in [-0.15, -0.1) is 0 Å². The monoisotopic (exact) mass is 399 g/mol. The molecule has 160 valence electrons.